The van der Waals surface area contributed by atoms with Gasteiger partial charge in [0.15, 0.2) is 0 Å². The normalized spacial score (nSPS) is 24.1. The molecule has 0 aromatic rings. The first-order valence-electron chi connectivity index (χ1n) is 5.19. The van der Waals surface area contributed by atoms with Crippen molar-refractivity contribution in [2.75, 3.05) is 20.2 Å². The van der Waals surface area contributed by atoms with Gasteiger partial charge in [-0.1, -0.05) is 12.2 Å². The number of hydrogen-bond acceptors (Lipinski definition) is 3. The predicted octanol–water partition coefficient (Wildman–Crippen LogP) is 1.16. The number of nitrogens with zero attached hydrogens (tertiary/aromatic N) is 1. The first-order chi connectivity index (χ1) is 6.59. The molecule has 2 unspecified atom stereocenters. The highest BCUT2D eigenvalue weighted by molar-refractivity contribution is 7.80. The minimum Gasteiger partial charge on any atom is -0.393 e. The third kappa shape index (κ3) is 3.90. The van der Waals surface area contributed by atoms with E-state index in [0.29, 0.717) is 17.1 Å². The monoisotopic (exact) mass is 216 g/mol. The van der Waals surface area contributed by atoms with Crippen molar-refractivity contribution in [1.29, 1.82) is 0 Å². The first kappa shape index (κ1) is 11.9. The van der Waals surface area contributed by atoms with E-state index in [4.69, 9.17) is 22.7 Å². The summed E-state index contributed by atoms with van der Waals surface area (Å²) in [7, 11) is 2.10. The zero-order chi connectivity index (χ0) is 10.6. The van der Waals surface area contributed by atoms with Crippen LogP contribution in [0.3, 0.4) is 0 Å². The Kier molecular flexibility index (Phi) is 4.78. The van der Waals surface area contributed by atoms with Gasteiger partial charge in [-0.05, 0) is 26.8 Å². The van der Waals surface area contributed by atoms with Crippen LogP contribution in [0.25, 0.3) is 0 Å². The molecule has 0 aliphatic carbocycles. The number of nitrogens with two attached hydrogens (primary N) is 1. The van der Waals surface area contributed by atoms with Crippen LogP contribution in [0.1, 0.15) is 26.2 Å². The number of rotatable bonds is 5. The van der Waals surface area contributed by atoms with Crippen molar-refractivity contribution in [3.05, 3.63) is 0 Å². The summed E-state index contributed by atoms with van der Waals surface area (Å²) in [6.07, 6.45) is 3.58. The molecule has 82 valence electrons. The van der Waals surface area contributed by atoms with Crippen LogP contribution in [0.4, 0.5) is 0 Å². The summed E-state index contributed by atoms with van der Waals surface area (Å²) in [5.41, 5.74) is 5.51. The van der Waals surface area contributed by atoms with Crippen molar-refractivity contribution in [2.45, 2.75) is 38.3 Å². The van der Waals surface area contributed by atoms with Gasteiger partial charge in [0.2, 0.25) is 0 Å². The van der Waals surface area contributed by atoms with Crippen LogP contribution in [0.15, 0.2) is 0 Å². The number of thiocarbonyl (C=S) groups is 1. The second kappa shape index (κ2) is 5.63. The molecule has 0 spiro atoms. The molecule has 0 radical (unpaired) electrons. The van der Waals surface area contributed by atoms with Gasteiger partial charge in [0, 0.05) is 25.6 Å². The minimum absolute atomic E-state index is 0.411. The Morgan fingerprint density at radius 2 is 2.43 bits per heavy atom. The van der Waals surface area contributed by atoms with Crippen molar-refractivity contribution in [2.24, 2.45) is 5.73 Å². The third-order valence-electron chi connectivity index (χ3n) is 2.76. The topological polar surface area (TPSA) is 38.5 Å². The minimum atomic E-state index is 0.411. The standard InChI is InChI=1S/C10H20N2OS/c1-8(6-10(11)14)12(2)7-9-4-3-5-13-9/h8-9H,3-7H2,1-2H3,(H2,11,14). The maximum absolute atomic E-state index is 5.57. The van der Waals surface area contributed by atoms with E-state index in [0.717, 1.165) is 19.6 Å². The van der Waals surface area contributed by atoms with Gasteiger partial charge >= 0.3 is 0 Å². The SMILES string of the molecule is CC(CC(N)=S)N(C)CC1CCCO1. The van der Waals surface area contributed by atoms with Gasteiger partial charge in [0.05, 0.1) is 11.1 Å². The zero-order valence-electron chi connectivity index (χ0n) is 9.03. The van der Waals surface area contributed by atoms with Crippen molar-refractivity contribution in [3.8, 4) is 0 Å². The van der Waals surface area contributed by atoms with Crippen LogP contribution < -0.4 is 5.73 Å². The molecule has 4 heteroatoms. The lowest BCUT2D eigenvalue weighted by atomic mass is 10.1. The van der Waals surface area contributed by atoms with Crippen LogP contribution in [0.5, 0.6) is 0 Å². The molecular weight excluding hydrogens is 196 g/mol. The Labute approximate surface area is 91.6 Å². The van der Waals surface area contributed by atoms with E-state index in [-0.39, 0.29) is 0 Å². The quantitative estimate of drug-likeness (QED) is 0.700. The average Bonchev–Trinajstić information content (AvgIpc) is 2.55. The van der Waals surface area contributed by atoms with E-state index in [2.05, 4.69) is 18.9 Å². The fraction of sp³-hybridized carbons (Fsp3) is 0.900. The molecule has 3 nitrogen and oxygen atoms in total. The Morgan fingerprint density at radius 1 is 1.71 bits per heavy atom. The van der Waals surface area contributed by atoms with Crippen molar-refractivity contribution < 1.29 is 4.74 Å². The lowest BCUT2D eigenvalue weighted by molar-refractivity contribution is 0.0714. The van der Waals surface area contributed by atoms with Gasteiger partial charge in [-0.15, -0.1) is 0 Å². The molecule has 1 fully saturated rings. The highest BCUT2D eigenvalue weighted by Gasteiger charge is 2.19. The maximum Gasteiger partial charge on any atom is 0.0742 e. The number of ether oxygens (including phenoxy) is 1. The number of hydrogen-bond donors (Lipinski definition) is 1. The largest absolute Gasteiger partial charge is 0.393 e. The maximum atomic E-state index is 5.57. The zero-order valence-corrected chi connectivity index (χ0v) is 9.85. The summed E-state index contributed by atoms with van der Waals surface area (Å²) >= 11 is 4.89. The second-order valence-corrected chi connectivity index (χ2v) is 4.62. The Balaban J connectivity index is 2.25. The lowest BCUT2D eigenvalue weighted by Crippen LogP contribution is -2.37. The molecule has 2 N–H and O–H groups in total. The van der Waals surface area contributed by atoms with E-state index in [1.807, 2.05) is 0 Å². The van der Waals surface area contributed by atoms with E-state index in [1.54, 1.807) is 0 Å². The fourth-order valence-corrected chi connectivity index (χ4v) is 1.98. The predicted molar refractivity (Wildman–Crippen MR) is 62.5 cm³/mol. The van der Waals surface area contributed by atoms with E-state index < -0.39 is 0 Å². The van der Waals surface area contributed by atoms with E-state index >= 15 is 0 Å². The van der Waals surface area contributed by atoms with Crippen LogP contribution in [0, 0.1) is 0 Å². The molecule has 14 heavy (non-hydrogen) atoms. The first-order valence-corrected chi connectivity index (χ1v) is 5.60. The summed E-state index contributed by atoms with van der Waals surface area (Å²) in [4.78, 5) is 2.87. The molecule has 1 aliphatic heterocycles. The lowest BCUT2D eigenvalue weighted by Gasteiger charge is -2.26. The highest BCUT2D eigenvalue weighted by atomic mass is 32.1. The molecule has 0 amide bonds. The van der Waals surface area contributed by atoms with Crippen molar-refractivity contribution in [3.63, 3.8) is 0 Å². The Bertz CT molecular complexity index is 193. The van der Waals surface area contributed by atoms with Gasteiger partial charge < -0.3 is 15.4 Å². The highest BCUT2D eigenvalue weighted by Crippen LogP contribution is 2.14. The fourth-order valence-electron chi connectivity index (χ4n) is 1.74. The molecular formula is C10H20N2OS. The molecule has 1 heterocycles. The molecule has 1 aliphatic rings. The summed E-state index contributed by atoms with van der Waals surface area (Å²) in [5.74, 6) is 0. The van der Waals surface area contributed by atoms with Gasteiger partial charge in [-0.25, -0.2) is 0 Å². The van der Waals surface area contributed by atoms with Gasteiger partial charge in [0.1, 0.15) is 0 Å². The molecule has 2 atom stereocenters. The summed E-state index contributed by atoms with van der Waals surface area (Å²) in [5, 5.41) is 0. The molecule has 1 rings (SSSR count). The Hall–Kier alpha value is -0.190. The number of likely N-dealkylation sites (N-methyl/N-ethyl adjacent to an activating group) is 1. The molecule has 0 aromatic heterocycles. The molecule has 1 saturated heterocycles. The van der Waals surface area contributed by atoms with Crippen molar-refractivity contribution in [1.82, 2.24) is 4.90 Å². The van der Waals surface area contributed by atoms with E-state index in [1.165, 1.54) is 12.8 Å². The van der Waals surface area contributed by atoms with Crippen molar-refractivity contribution >= 4 is 17.2 Å². The summed E-state index contributed by atoms with van der Waals surface area (Å²) in [6.45, 7) is 4.06. The van der Waals surface area contributed by atoms with Gasteiger partial charge in [-0.2, -0.15) is 0 Å². The van der Waals surface area contributed by atoms with Gasteiger partial charge in [-0.3, -0.25) is 0 Å². The summed E-state index contributed by atoms with van der Waals surface area (Å²) < 4.78 is 5.57. The van der Waals surface area contributed by atoms with Gasteiger partial charge in [0.25, 0.3) is 0 Å². The summed E-state index contributed by atoms with van der Waals surface area (Å²) in [6, 6.07) is 0.414. The van der Waals surface area contributed by atoms with E-state index in [9.17, 15) is 0 Å². The van der Waals surface area contributed by atoms with Crippen LogP contribution in [0.2, 0.25) is 0 Å². The molecule has 0 bridgehead atoms. The Morgan fingerprint density at radius 3 is 2.93 bits per heavy atom. The third-order valence-corrected chi connectivity index (χ3v) is 2.93. The molecule has 0 saturated carbocycles. The average molecular weight is 216 g/mol. The smallest absolute Gasteiger partial charge is 0.0742 e. The second-order valence-electron chi connectivity index (χ2n) is 4.09. The molecule has 0 aromatic carbocycles. The van der Waals surface area contributed by atoms with Crippen LogP contribution in [-0.4, -0.2) is 42.2 Å². The van der Waals surface area contributed by atoms with Crippen LogP contribution >= 0.6 is 12.2 Å². The van der Waals surface area contributed by atoms with Crippen LogP contribution in [-0.2, 0) is 4.74 Å².